The molecule has 2 atom stereocenters. The molecule has 2 fully saturated rings. The first-order valence-electron chi connectivity index (χ1n) is 5.03. The van der Waals surface area contributed by atoms with Crippen molar-refractivity contribution in [3.63, 3.8) is 0 Å². The maximum Gasteiger partial charge on any atom is 0.216 e. The summed E-state index contributed by atoms with van der Waals surface area (Å²) in [7, 11) is 0. The quantitative estimate of drug-likeness (QED) is 0.566. The predicted octanol–water partition coefficient (Wildman–Crippen LogP) is 0.111. The second-order valence-corrected chi connectivity index (χ2v) is 2.91. The van der Waals surface area contributed by atoms with Gasteiger partial charge in [-0.05, 0) is 12.8 Å². The highest BCUT2D eigenvalue weighted by Gasteiger charge is 2.32. The summed E-state index contributed by atoms with van der Waals surface area (Å²) in [5, 5.41) is 2.24. The standard InChI is InChI=1S/C7H13NO2.C2H6/c1-2-6-7(8-3-1)10-5-4-9-6;1-2/h6-8H,1-5H2;1-2H3/p+1. The lowest BCUT2D eigenvalue weighted by molar-refractivity contribution is -0.747. The zero-order chi connectivity index (χ0) is 8.81. The van der Waals surface area contributed by atoms with E-state index in [0.29, 0.717) is 12.3 Å². The van der Waals surface area contributed by atoms with Crippen molar-refractivity contribution in [2.75, 3.05) is 19.8 Å². The average Bonchev–Trinajstić information content (AvgIpc) is 2.21. The highest BCUT2D eigenvalue weighted by molar-refractivity contribution is 4.67. The molecule has 0 aromatic heterocycles. The Morgan fingerprint density at radius 1 is 1.17 bits per heavy atom. The molecule has 0 aromatic carbocycles. The fraction of sp³-hybridized carbons (Fsp3) is 1.00. The molecule has 2 aliphatic heterocycles. The minimum Gasteiger partial charge on any atom is -0.367 e. The molecule has 3 nitrogen and oxygen atoms in total. The zero-order valence-electron chi connectivity index (χ0n) is 8.08. The molecule has 0 saturated carbocycles. The van der Waals surface area contributed by atoms with Crippen molar-refractivity contribution in [1.82, 2.24) is 0 Å². The topological polar surface area (TPSA) is 35.1 Å². The minimum absolute atomic E-state index is 0.308. The fourth-order valence-electron chi connectivity index (χ4n) is 1.65. The number of hydrogen-bond donors (Lipinski definition) is 1. The number of hydrogen-bond acceptors (Lipinski definition) is 2. The van der Waals surface area contributed by atoms with Gasteiger partial charge in [0, 0.05) is 0 Å². The van der Waals surface area contributed by atoms with Crippen LogP contribution in [0.5, 0.6) is 0 Å². The van der Waals surface area contributed by atoms with E-state index >= 15 is 0 Å². The number of rotatable bonds is 0. The van der Waals surface area contributed by atoms with E-state index in [-0.39, 0.29) is 0 Å². The number of quaternary nitrogens is 1. The Balaban J connectivity index is 0.000000336. The molecule has 3 heteroatoms. The lowest BCUT2D eigenvalue weighted by Gasteiger charge is -2.32. The smallest absolute Gasteiger partial charge is 0.216 e. The molecule has 0 spiro atoms. The van der Waals surface area contributed by atoms with Crippen LogP contribution < -0.4 is 5.32 Å². The third kappa shape index (κ3) is 2.44. The van der Waals surface area contributed by atoms with Crippen molar-refractivity contribution in [2.45, 2.75) is 39.0 Å². The number of nitrogens with two attached hydrogens (primary N) is 1. The van der Waals surface area contributed by atoms with Crippen molar-refractivity contribution in [1.29, 1.82) is 0 Å². The summed E-state index contributed by atoms with van der Waals surface area (Å²) in [5.41, 5.74) is 0. The van der Waals surface area contributed by atoms with Crippen LogP contribution in [-0.4, -0.2) is 32.1 Å². The van der Waals surface area contributed by atoms with E-state index in [4.69, 9.17) is 9.47 Å². The van der Waals surface area contributed by atoms with E-state index < -0.39 is 0 Å². The van der Waals surface area contributed by atoms with Crippen LogP contribution in [-0.2, 0) is 9.47 Å². The molecule has 0 bridgehead atoms. The molecule has 2 unspecified atom stereocenters. The monoisotopic (exact) mass is 174 g/mol. The Hall–Kier alpha value is -0.120. The van der Waals surface area contributed by atoms with E-state index in [1.54, 1.807) is 0 Å². The SMILES string of the molecule is C1C[NH2+]C2OCCOC2C1.CC. The molecule has 72 valence electrons. The van der Waals surface area contributed by atoms with Crippen molar-refractivity contribution < 1.29 is 14.8 Å². The molecule has 2 heterocycles. The van der Waals surface area contributed by atoms with Crippen LogP contribution in [0, 0.1) is 0 Å². The third-order valence-corrected chi connectivity index (χ3v) is 2.18. The zero-order valence-corrected chi connectivity index (χ0v) is 8.08. The molecule has 0 amide bonds. The molecule has 2 aliphatic rings. The Morgan fingerprint density at radius 2 is 1.92 bits per heavy atom. The van der Waals surface area contributed by atoms with Crippen LogP contribution in [0.3, 0.4) is 0 Å². The van der Waals surface area contributed by atoms with Gasteiger partial charge < -0.3 is 14.8 Å². The average molecular weight is 174 g/mol. The van der Waals surface area contributed by atoms with Gasteiger partial charge in [-0.15, -0.1) is 0 Å². The summed E-state index contributed by atoms with van der Waals surface area (Å²) in [4.78, 5) is 0. The fourth-order valence-corrected chi connectivity index (χ4v) is 1.65. The first kappa shape index (κ1) is 9.96. The van der Waals surface area contributed by atoms with Crippen LogP contribution in [0.1, 0.15) is 26.7 Å². The Kier molecular flexibility index (Phi) is 4.58. The van der Waals surface area contributed by atoms with Gasteiger partial charge in [-0.2, -0.15) is 0 Å². The van der Waals surface area contributed by atoms with Gasteiger partial charge in [0.2, 0.25) is 6.23 Å². The first-order valence-corrected chi connectivity index (χ1v) is 5.03. The molecule has 0 aromatic rings. The highest BCUT2D eigenvalue weighted by Crippen LogP contribution is 2.12. The Labute approximate surface area is 74.4 Å². The van der Waals surface area contributed by atoms with Gasteiger partial charge in [0.05, 0.1) is 19.8 Å². The molecule has 2 saturated heterocycles. The van der Waals surface area contributed by atoms with E-state index in [1.165, 1.54) is 19.4 Å². The van der Waals surface area contributed by atoms with Crippen LogP contribution in [0.25, 0.3) is 0 Å². The number of piperidine rings is 1. The van der Waals surface area contributed by atoms with Gasteiger partial charge in [-0.1, -0.05) is 13.8 Å². The first-order chi connectivity index (χ1) is 5.97. The van der Waals surface area contributed by atoms with E-state index in [2.05, 4.69) is 5.32 Å². The second-order valence-electron chi connectivity index (χ2n) is 2.91. The maximum atomic E-state index is 5.53. The van der Waals surface area contributed by atoms with Crippen LogP contribution in [0.15, 0.2) is 0 Å². The van der Waals surface area contributed by atoms with Gasteiger partial charge in [0.25, 0.3) is 0 Å². The maximum absolute atomic E-state index is 5.53. The van der Waals surface area contributed by atoms with Crippen molar-refractivity contribution >= 4 is 0 Å². The molecular weight excluding hydrogens is 154 g/mol. The summed E-state index contributed by atoms with van der Waals surface area (Å²) in [6, 6.07) is 0. The van der Waals surface area contributed by atoms with Crippen molar-refractivity contribution in [3.05, 3.63) is 0 Å². The van der Waals surface area contributed by atoms with E-state index in [9.17, 15) is 0 Å². The summed E-state index contributed by atoms with van der Waals surface area (Å²) < 4.78 is 11.0. The summed E-state index contributed by atoms with van der Waals surface area (Å²) in [5.74, 6) is 0. The predicted molar refractivity (Wildman–Crippen MR) is 46.9 cm³/mol. The molecule has 0 aliphatic carbocycles. The molecular formula is C9H20NO2+. The molecule has 2 N–H and O–H groups in total. The molecule has 0 radical (unpaired) electrons. The van der Waals surface area contributed by atoms with Gasteiger partial charge >= 0.3 is 0 Å². The summed E-state index contributed by atoms with van der Waals surface area (Å²) in [6.45, 7) is 6.76. The van der Waals surface area contributed by atoms with Crippen molar-refractivity contribution in [3.8, 4) is 0 Å². The summed E-state index contributed by atoms with van der Waals surface area (Å²) >= 11 is 0. The Morgan fingerprint density at radius 3 is 2.67 bits per heavy atom. The lowest BCUT2D eigenvalue weighted by Crippen LogP contribution is -2.95. The minimum atomic E-state index is 0.308. The summed E-state index contributed by atoms with van der Waals surface area (Å²) in [6.07, 6.45) is 3.14. The van der Waals surface area contributed by atoms with Crippen LogP contribution >= 0.6 is 0 Å². The second kappa shape index (κ2) is 5.51. The molecule has 2 rings (SSSR count). The number of fused-ring (bicyclic) bond motifs is 1. The van der Waals surface area contributed by atoms with Crippen molar-refractivity contribution in [2.24, 2.45) is 0 Å². The Bertz CT molecular complexity index is 93.1. The molecule has 12 heavy (non-hydrogen) atoms. The third-order valence-electron chi connectivity index (χ3n) is 2.18. The number of ether oxygens (including phenoxy) is 2. The van der Waals surface area contributed by atoms with Gasteiger partial charge in [-0.25, -0.2) is 0 Å². The highest BCUT2D eigenvalue weighted by atomic mass is 16.6. The van der Waals surface area contributed by atoms with Crippen LogP contribution in [0.4, 0.5) is 0 Å². The van der Waals surface area contributed by atoms with Gasteiger partial charge in [-0.3, -0.25) is 0 Å². The lowest BCUT2D eigenvalue weighted by atomic mass is 10.1. The van der Waals surface area contributed by atoms with E-state index in [0.717, 1.165) is 13.2 Å². The normalized spacial score (nSPS) is 34.5. The van der Waals surface area contributed by atoms with Gasteiger partial charge in [0.15, 0.2) is 0 Å². The van der Waals surface area contributed by atoms with E-state index in [1.807, 2.05) is 13.8 Å². The van der Waals surface area contributed by atoms with Crippen LogP contribution in [0.2, 0.25) is 0 Å². The van der Waals surface area contributed by atoms with Gasteiger partial charge in [0.1, 0.15) is 6.10 Å². The largest absolute Gasteiger partial charge is 0.367 e.